The van der Waals surface area contributed by atoms with Crippen molar-refractivity contribution in [2.75, 3.05) is 7.05 Å². The molecule has 7 heteroatoms. The predicted molar refractivity (Wildman–Crippen MR) is 74.1 cm³/mol. The maximum Gasteiger partial charge on any atom is 0.326 e. The molecule has 0 aliphatic heterocycles. The summed E-state index contributed by atoms with van der Waals surface area (Å²) in [5.74, 6) is -1.04. The summed E-state index contributed by atoms with van der Waals surface area (Å²) in [4.78, 5) is 24.7. The molecule has 1 atom stereocenters. The van der Waals surface area contributed by atoms with Crippen LogP contribution in [-0.2, 0) is 18.4 Å². The second-order valence-electron chi connectivity index (χ2n) is 5.97. The number of carboxylic acid groups (broad SMARTS) is 1. The number of aromatic nitrogens is 2. The van der Waals surface area contributed by atoms with Gasteiger partial charge in [0.1, 0.15) is 6.04 Å². The van der Waals surface area contributed by atoms with Crippen molar-refractivity contribution in [2.24, 2.45) is 12.5 Å². The van der Waals surface area contributed by atoms with Gasteiger partial charge in [-0.1, -0.05) is 20.8 Å². The molecular formula is C13H22N4O3. The molecule has 2 N–H and O–H groups in total. The van der Waals surface area contributed by atoms with E-state index in [1.54, 1.807) is 45.7 Å². The molecule has 1 rings (SSSR count). The van der Waals surface area contributed by atoms with Crippen molar-refractivity contribution < 1.29 is 14.7 Å². The molecule has 1 aromatic rings. The lowest BCUT2D eigenvalue weighted by Gasteiger charge is -2.29. The van der Waals surface area contributed by atoms with Crippen LogP contribution in [0.3, 0.4) is 0 Å². The molecule has 0 bridgehead atoms. The van der Waals surface area contributed by atoms with E-state index in [-0.39, 0.29) is 0 Å². The van der Waals surface area contributed by atoms with Crippen molar-refractivity contribution in [3.8, 4) is 0 Å². The zero-order valence-corrected chi connectivity index (χ0v) is 12.5. The van der Waals surface area contributed by atoms with E-state index in [4.69, 9.17) is 0 Å². The Kier molecular flexibility index (Phi) is 4.75. The summed E-state index contributed by atoms with van der Waals surface area (Å²) < 4.78 is 1.65. The van der Waals surface area contributed by atoms with Crippen LogP contribution in [0.5, 0.6) is 0 Å². The standard InChI is InChI=1S/C13H22N4O3/c1-13(2,3)10(11(18)19)15-12(20)16(4)7-9-6-14-17(5)8-9/h6,8,10H,7H2,1-5H3,(H,15,20)(H,18,19). The largest absolute Gasteiger partial charge is 0.480 e. The first kappa shape index (κ1) is 16.0. The monoisotopic (exact) mass is 282 g/mol. The highest BCUT2D eigenvalue weighted by Crippen LogP contribution is 2.19. The Morgan fingerprint density at radius 3 is 2.50 bits per heavy atom. The highest BCUT2D eigenvalue weighted by atomic mass is 16.4. The number of hydrogen-bond donors (Lipinski definition) is 2. The number of carbonyl (C=O) groups is 2. The number of urea groups is 1. The second-order valence-corrected chi connectivity index (χ2v) is 5.97. The highest BCUT2D eigenvalue weighted by molar-refractivity contribution is 5.83. The Bertz CT molecular complexity index is 490. The summed E-state index contributed by atoms with van der Waals surface area (Å²) >= 11 is 0. The number of amides is 2. The van der Waals surface area contributed by atoms with Crippen LogP contribution >= 0.6 is 0 Å². The molecule has 0 aromatic carbocycles. The van der Waals surface area contributed by atoms with Crippen molar-refractivity contribution in [3.63, 3.8) is 0 Å². The number of rotatable bonds is 4. The van der Waals surface area contributed by atoms with E-state index in [2.05, 4.69) is 10.4 Å². The molecule has 0 aliphatic rings. The molecule has 0 spiro atoms. The Balaban J connectivity index is 2.67. The number of aliphatic carboxylic acids is 1. The minimum atomic E-state index is -1.04. The van der Waals surface area contributed by atoms with Crippen LogP contribution in [0.15, 0.2) is 12.4 Å². The van der Waals surface area contributed by atoms with Gasteiger partial charge in [0.25, 0.3) is 0 Å². The Labute approximate surface area is 118 Å². The van der Waals surface area contributed by atoms with Crippen LogP contribution in [0.1, 0.15) is 26.3 Å². The second kappa shape index (κ2) is 5.94. The topological polar surface area (TPSA) is 87.5 Å². The van der Waals surface area contributed by atoms with Gasteiger partial charge in [-0.15, -0.1) is 0 Å². The SMILES string of the molecule is CN(Cc1cnn(C)c1)C(=O)NC(C(=O)O)C(C)(C)C. The molecule has 2 amide bonds. The van der Waals surface area contributed by atoms with Crippen LogP contribution in [0, 0.1) is 5.41 Å². The number of carbonyl (C=O) groups excluding carboxylic acids is 1. The molecule has 1 heterocycles. The van der Waals surface area contributed by atoms with Gasteiger partial charge in [0, 0.05) is 25.9 Å². The van der Waals surface area contributed by atoms with Crippen LogP contribution in [0.25, 0.3) is 0 Å². The zero-order chi connectivity index (χ0) is 15.5. The van der Waals surface area contributed by atoms with Crippen molar-refractivity contribution >= 4 is 12.0 Å². The molecule has 7 nitrogen and oxygen atoms in total. The first-order chi connectivity index (χ1) is 9.11. The first-order valence-corrected chi connectivity index (χ1v) is 6.33. The van der Waals surface area contributed by atoms with Gasteiger partial charge in [-0.2, -0.15) is 5.10 Å². The minimum Gasteiger partial charge on any atom is -0.480 e. The number of hydrogen-bond acceptors (Lipinski definition) is 3. The molecule has 20 heavy (non-hydrogen) atoms. The van der Waals surface area contributed by atoms with E-state index in [0.29, 0.717) is 6.54 Å². The summed E-state index contributed by atoms with van der Waals surface area (Å²) in [6.07, 6.45) is 3.48. The van der Waals surface area contributed by atoms with Crippen LogP contribution < -0.4 is 5.32 Å². The fourth-order valence-corrected chi connectivity index (χ4v) is 1.78. The molecule has 0 saturated heterocycles. The first-order valence-electron chi connectivity index (χ1n) is 6.33. The summed E-state index contributed by atoms with van der Waals surface area (Å²) in [6, 6.07) is -1.36. The maximum absolute atomic E-state index is 12.0. The van der Waals surface area contributed by atoms with Gasteiger partial charge in [0.05, 0.1) is 12.7 Å². The predicted octanol–water partition coefficient (Wildman–Crippen LogP) is 1.06. The number of carboxylic acids is 1. The lowest BCUT2D eigenvalue weighted by Crippen LogP contribution is -2.52. The van der Waals surface area contributed by atoms with Crippen LogP contribution in [-0.4, -0.2) is 44.9 Å². The number of nitrogens with one attached hydrogen (secondary N) is 1. The third-order valence-electron chi connectivity index (χ3n) is 2.91. The van der Waals surface area contributed by atoms with Gasteiger partial charge in [0.15, 0.2) is 0 Å². The van der Waals surface area contributed by atoms with Crippen molar-refractivity contribution in [3.05, 3.63) is 18.0 Å². The number of aryl methyl sites for hydroxylation is 1. The van der Waals surface area contributed by atoms with E-state index >= 15 is 0 Å². The molecule has 0 radical (unpaired) electrons. The normalized spacial score (nSPS) is 12.8. The molecule has 1 unspecified atom stereocenters. The Morgan fingerprint density at radius 2 is 2.10 bits per heavy atom. The smallest absolute Gasteiger partial charge is 0.326 e. The average Bonchev–Trinajstić information content (AvgIpc) is 2.69. The van der Waals surface area contributed by atoms with E-state index in [1.807, 2.05) is 6.20 Å². The summed E-state index contributed by atoms with van der Waals surface area (Å²) in [5.41, 5.74) is 0.323. The lowest BCUT2D eigenvalue weighted by atomic mass is 9.87. The average molecular weight is 282 g/mol. The molecule has 0 saturated carbocycles. The van der Waals surface area contributed by atoms with E-state index < -0.39 is 23.5 Å². The number of nitrogens with zero attached hydrogens (tertiary/aromatic N) is 3. The van der Waals surface area contributed by atoms with Gasteiger partial charge in [-0.25, -0.2) is 9.59 Å². The van der Waals surface area contributed by atoms with E-state index in [0.717, 1.165) is 5.56 Å². The zero-order valence-electron chi connectivity index (χ0n) is 12.5. The lowest BCUT2D eigenvalue weighted by molar-refractivity contribution is -0.142. The Morgan fingerprint density at radius 1 is 1.50 bits per heavy atom. The summed E-state index contributed by atoms with van der Waals surface area (Å²) in [7, 11) is 3.41. The fraction of sp³-hybridized carbons (Fsp3) is 0.615. The third-order valence-corrected chi connectivity index (χ3v) is 2.91. The Hall–Kier alpha value is -2.05. The van der Waals surface area contributed by atoms with Gasteiger partial charge >= 0.3 is 12.0 Å². The quantitative estimate of drug-likeness (QED) is 0.864. The van der Waals surface area contributed by atoms with Gasteiger partial charge in [-0.05, 0) is 5.41 Å². The summed E-state index contributed by atoms with van der Waals surface area (Å²) in [6.45, 7) is 5.68. The van der Waals surface area contributed by atoms with E-state index in [9.17, 15) is 14.7 Å². The van der Waals surface area contributed by atoms with Gasteiger partial charge in [0.2, 0.25) is 0 Å². The molecule has 0 fully saturated rings. The van der Waals surface area contributed by atoms with Crippen molar-refractivity contribution in [1.82, 2.24) is 20.0 Å². The summed E-state index contributed by atoms with van der Waals surface area (Å²) in [5, 5.41) is 15.8. The van der Waals surface area contributed by atoms with Gasteiger partial charge < -0.3 is 15.3 Å². The van der Waals surface area contributed by atoms with E-state index in [1.165, 1.54) is 4.90 Å². The fourth-order valence-electron chi connectivity index (χ4n) is 1.78. The maximum atomic E-state index is 12.0. The van der Waals surface area contributed by atoms with Crippen molar-refractivity contribution in [2.45, 2.75) is 33.4 Å². The molecular weight excluding hydrogens is 260 g/mol. The molecule has 0 aliphatic carbocycles. The van der Waals surface area contributed by atoms with Crippen molar-refractivity contribution in [1.29, 1.82) is 0 Å². The van der Waals surface area contributed by atoms with Gasteiger partial charge in [-0.3, -0.25) is 4.68 Å². The minimum absolute atomic E-state index is 0.371. The van der Waals surface area contributed by atoms with Crippen LogP contribution in [0.2, 0.25) is 0 Å². The highest BCUT2D eigenvalue weighted by Gasteiger charge is 2.33. The molecule has 1 aromatic heterocycles. The third kappa shape index (κ3) is 4.25. The van der Waals surface area contributed by atoms with Crippen LogP contribution in [0.4, 0.5) is 4.79 Å². The molecule has 112 valence electrons.